The van der Waals surface area contributed by atoms with Crippen LogP contribution in [0.15, 0.2) is 202 Å². The third kappa shape index (κ3) is 17.4. The summed E-state index contributed by atoms with van der Waals surface area (Å²) in [6.45, 7) is 18.0. The number of carbonyl (C=O) groups is 3. The van der Waals surface area contributed by atoms with Gasteiger partial charge in [0.1, 0.15) is 34.5 Å². The molecule has 3 amide bonds. The van der Waals surface area contributed by atoms with Gasteiger partial charge in [0, 0.05) is 125 Å². The van der Waals surface area contributed by atoms with E-state index in [9.17, 15) is 27.6 Å². The second kappa shape index (κ2) is 34.8. The number of H-pyrrole nitrogens is 6. The second-order valence-electron chi connectivity index (χ2n) is 33.0. The van der Waals surface area contributed by atoms with Crippen molar-refractivity contribution in [1.82, 2.24) is 105 Å². The SMILES string of the molecule is CC(C)C(=O)Nc1cncc(-c2ccc3[nH]nc(-c4nc5c(-c6cc(F)cc(CN7CCC7)c6)cncc5[nH]4)c3c2)c1.CC(C)CC(=O)Nc1cncc(-c2ccc3[nH]nc(-c4nc5c(-c6cc(F)cc(CN7CCC7)c6)cncc5[nH]4)c3c2)c1.CCC(=O)Nc1cncc(-c2ccc3[nH]nc(-c4nc5c(-c6cc(F)cc(CN7CCC7)c6)cncc5[nH]4)c3c2)c1. The molecule has 15 heterocycles. The predicted octanol–water partition coefficient (Wildman–Crippen LogP) is 18.7. The summed E-state index contributed by atoms with van der Waals surface area (Å²) in [7, 11) is 0. The van der Waals surface area contributed by atoms with E-state index in [1.165, 1.54) is 37.5 Å². The number of amides is 3. The molecule has 3 fully saturated rings. The number of hydrogen-bond donors (Lipinski definition) is 9. The number of likely N-dealkylation sites (tertiary alicyclic amines) is 3. The van der Waals surface area contributed by atoms with Crippen LogP contribution in [0, 0.1) is 29.3 Å². The normalized spacial score (nSPS) is 13.6. The number of carbonyl (C=O) groups excluding carboxylic acids is 3. The van der Waals surface area contributed by atoms with E-state index in [4.69, 9.17) is 15.0 Å². The molecule has 0 bridgehead atoms. The fourth-order valence-electron chi connectivity index (χ4n) is 16.1. The largest absolute Gasteiger partial charge is 0.335 e. The Balaban J connectivity index is 0.000000123. The van der Waals surface area contributed by atoms with Gasteiger partial charge in [-0.05, 0) is 224 Å². The first-order valence-electron chi connectivity index (χ1n) is 42.1. The molecule has 3 saturated heterocycles. The highest BCUT2D eigenvalue weighted by atomic mass is 19.1. The number of pyridine rings is 6. The van der Waals surface area contributed by atoms with Gasteiger partial charge in [-0.1, -0.05) is 52.8 Å². The van der Waals surface area contributed by atoms with Crippen LogP contribution in [0.1, 0.15) is 83.4 Å². The number of hydrogen-bond acceptors (Lipinski definition) is 18. The maximum atomic E-state index is 14.7. The van der Waals surface area contributed by atoms with Crippen LogP contribution in [-0.4, -0.2) is 162 Å². The van der Waals surface area contributed by atoms with Crippen molar-refractivity contribution >= 4 is 101 Å². The van der Waals surface area contributed by atoms with Crippen LogP contribution in [0.4, 0.5) is 30.2 Å². The van der Waals surface area contributed by atoms with Crippen LogP contribution in [0.25, 0.3) is 167 Å². The zero-order valence-corrected chi connectivity index (χ0v) is 69.7. The fourth-order valence-corrected chi connectivity index (χ4v) is 16.1. The zero-order valence-electron chi connectivity index (χ0n) is 69.7. The third-order valence-electron chi connectivity index (χ3n) is 22.9. The average Bonchev–Trinajstić information content (AvgIpc) is 1.62. The Bertz CT molecular complexity index is 7190. The molecule has 18 aromatic rings. The number of fused-ring (bicyclic) bond motifs is 6. The maximum absolute atomic E-state index is 14.7. The molecule has 126 heavy (non-hydrogen) atoms. The first-order chi connectivity index (χ1) is 61.3. The molecule has 6 aromatic carbocycles. The summed E-state index contributed by atoms with van der Waals surface area (Å²) in [5.41, 5.74) is 23.5. The molecule has 30 heteroatoms. The van der Waals surface area contributed by atoms with E-state index in [1.54, 1.807) is 92.6 Å². The van der Waals surface area contributed by atoms with Gasteiger partial charge in [-0.25, -0.2) is 28.1 Å². The molecule has 3 aliphatic rings. The Hall–Kier alpha value is -14.9. The molecule has 0 spiro atoms. The van der Waals surface area contributed by atoms with Gasteiger partial charge in [-0.15, -0.1) is 0 Å². The first kappa shape index (κ1) is 80.8. The van der Waals surface area contributed by atoms with E-state index in [0.29, 0.717) is 81.0 Å². The minimum Gasteiger partial charge on any atom is -0.335 e. The number of nitrogens with one attached hydrogen (secondary N) is 9. The van der Waals surface area contributed by atoms with E-state index in [-0.39, 0.29) is 47.0 Å². The topological polar surface area (TPSA) is 346 Å². The lowest BCUT2D eigenvalue weighted by Gasteiger charge is -2.30. The van der Waals surface area contributed by atoms with Crippen LogP contribution in [0.5, 0.6) is 0 Å². The highest BCUT2D eigenvalue weighted by Crippen LogP contribution is 2.40. The Morgan fingerprint density at radius 3 is 1.02 bits per heavy atom. The van der Waals surface area contributed by atoms with Crippen molar-refractivity contribution in [3.8, 4) is 101 Å². The number of benzene rings is 6. The minimum atomic E-state index is -0.274. The monoisotopic (exact) mass is 1680 g/mol. The quantitative estimate of drug-likeness (QED) is 0.0304. The van der Waals surface area contributed by atoms with Crippen molar-refractivity contribution in [3.63, 3.8) is 0 Å². The van der Waals surface area contributed by atoms with Crippen LogP contribution < -0.4 is 16.0 Å². The number of halogens is 3. The van der Waals surface area contributed by atoms with Gasteiger partial charge < -0.3 is 30.9 Å². The molecule has 27 nitrogen and oxygen atoms in total. The molecule has 3 aliphatic heterocycles. The van der Waals surface area contributed by atoms with E-state index >= 15 is 0 Å². The summed E-state index contributed by atoms with van der Waals surface area (Å²) in [6, 6.07) is 39.1. The number of nitrogens with zero attached hydrogens (tertiary/aromatic N) is 15. The number of aromatic nitrogens is 18. The van der Waals surface area contributed by atoms with Crippen molar-refractivity contribution in [3.05, 3.63) is 236 Å². The lowest BCUT2D eigenvalue weighted by molar-refractivity contribution is -0.119. The molecular weight excluding hydrogens is 1590 g/mol. The van der Waals surface area contributed by atoms with Crippen molar-refractivity contribution < 1.29 is 27.6 Å². The predicted molar refractivity (Wildman–Crippen MR) is 483 cm³/mol. The van der Waals surface area contributed by atoms with Gasteiger partial charge in [0.05, 0.1) is 104 Å². The molecule has 12 aromatic heterocycles. The van der Waals surface area contributed by atoms with Crippen molar-refractivity contribution in [1.29, 1.82) is 0 Å². The summed E-state index contributed by atoms with van der Waals surface area (Å²) in [6.07, 6.45) is 25.0. The molecule has 630 valence electrons. The van der Waals surface area contributed by atoms with E-state index in [2.05, 4.69) is 106 Å². The number of anilines is 3. The summed E-state index contributed by atoms with van der Waals surface area (Å²) >= 11 is 0. The Morgan fingerprint density at radius 1 is 0.365 bits per heavy atom. The molecule has 0 saturated carbocycles. The summed E-state index contributed by atoms with van der Waals surface area (Å²) in [5, 5.41) is 34.4. The molecule has 0 aliphatic carbocycles. The van der Waals surface area contributed by atoms with Crippen LogP contribution in [0.3, 0.4) is 0 Å². The van der Waals surface area contributed by atoms with Crippen molar-refractivity contribution in [2.24, 2.45) is 11.8 Å². The minimum absolute atomic E-state index is 0.0362. The maximum Gasteiger partial charge on any atom is 0.226 e. The molecule has 0 radical (unpaired) electrons. The summed E-state index contributed by atoms with van der Waals surface area (Å²) in [4.78, 5) is 94.4. The number of rotatable bonds is 22. The highest BCUT2D eigenvalue weighted by Gasteiger charge is 2.25. The third-order valence-corrected chi connectivity index (χ3v) is 22.9. The Labute approximate surface area is 720 Å². The lowest BCUT2D eigenvalue weighted by Crippen LogP contribution is -2.36. The molecule has 0 atom stereocenters. The molecule has 21 rings (SSSR count). The average molecular weight is 1680 g/mol. The van der Waals surface area contributed by atoms with E-state index < -0.39 is 0 Å². The zero-order chi connectivity index (χ0) is 86.2. The first-order valence-corrected chi connectivity index (χ1v) is 42.1. The Kier molecular flexibility index (Phi) is 22.3. The van der Waals surface area contributed by atoms with Crippen molar-refractivity contribution in [2.75, 3.05) is 55.2 Å². The van der Waals surface area contributed by atoms with Gasteiger partial charge in [0.15, 0.2) is 17.5 Å². The van der Waals surface area contributed by atoms with Crippen LogP contribution in [-0.2, 0) is 34.0 Å². The standard InChI is InChI=1S/C33H31FN8O.C32H29FN8O.C31H27FN8O/c1-19(2)8-30(43)37-25-12-23(14-35-15-25)21-4-5-28-26(13-21)32(41-40-28)33-38-29-17-36-16-27(31(29)39-33)22-9-20(10-24(34)11-22)18-42-6-3-7-42;1-18(2)32(42)36-24-11-22(13-34-14-24)20-4-5-27-25(12-20)30(40-39-27)31-37-28-16-35-15-26(29(28)38-31)21-8-19(9-23(33)10-21)17-41-6-3-7-41;1-2-28(41)35-23-11-21(13-33-14-23)19-4-5-26-24(12-19)30(39-38-26)31-36-27-16-34-15-25(29(27)37-31)20-8-18(9-22(32)10-20)17-40-6-3-7-40/h4-5,9-17,19H,3,6-8,18H2,1-2H3,(H,37,43)(H,38,39)(H,40,41);4-5,8-16,18H,3,6-7,17H2,1-2H3,(H,36,42)(H,37,38)(H,39,40);4-5,8-16H,2-3,6-7,17H2,1H3,(H,35,41)(H,36,37)(H,38,39). The van der Waals surface area contributed by atoms with Crippen LogP contribution >= 0.6 is 0 Å². The fraction of sp³-hybridized carbons (Fsp3) is 0.219. The second-order valence-corrected chi connectivity index (χ2v) is 33.0. The van der Waals surface area contributed by atoms with Gasteiger partial charge in [-0.3, -0.25) is 74.3 Å². The van der Waals surface area contributed by atoms with Crippen molar-refractivity contribution in [2.45, 2.75) is 86.4 Å². The summed E-state index contributed by atoms with van der Waals surface area (Å²) < 4.78 is 44.0. The van der Waals surface area contributed by atoms with E-state index in [1.807, 2.05) is 126 Å². The number of aromatic amines is 6. The molecule has 9 N–H and O–H groups in total. The van der Waals surface area contributed by atoms with Crippen LogP contribution in [0.2, 0.25) is 0 Å². The Morgan fingerprint density at radius 2 is 0.698 bits per heavy atom. The van der Waals surface area contributed by atoms with E-state index in [0.717, 1.165) is 192 Å². The van der Waals surface area contributed by atoms with Gasteiger partial charge in [0.2, 0.25) is 17.7 Å². The number of imidazole rings is 3. The van der Waals surface area contributed by atoms with Gasteiger partial charge >= 0.3 is 0 Å². The molecule has 0 unspecified atom stereocenters. The lowest BCUT2D eigenvalue weighted by atomic mass is 10.0. The summed E-state index contributed by atoms with van der Waals surface area (Å²) in [5.74, 6) is 0.886. The molecular formula is C96H87F3N24O3. The highest BCUT2D eigenvalue weighted by molar-refractivity contribution is 6.03. The van der Waals surface area contributed by atoms with Gasteiger partial charge in [0.25, 0.3) is 0 Å². The van der Waals surface area contributed by atoms with Gasteiger partial charge in [-0.2, -0.15) is 15.3 Å². The smallest absolute Gasteiger partial charge is 0.226 e.